The van der Waals surface area contributed by atoms with Gasteiger partial charge in [0.2, 0.25) is 5.91 Å². The van der Waals surface area contributed by atoms with Crippen LogP contribution < -0.4 is 10.6 Å². The first-order valence-electron chi connectivity index (χ1n) is 7.80. The Morgan fingerprint density at radius 2 is 1.93 bits per heavy atom. The lowest BCUT2D eigenvalue weighted by atomic mass is 10.2. The number of halogens is 2. The highest BCUT2D eigenvalue weighted by Crippen LogP contribution is 2.22. The Hall–Kier alpha value is -2.97. The fourth-order valence-corrected chi connectivity index (χ4v) is 2.61. The van der Waals surface area contributed by atoms with Crippen molar-refractivity contribution in [1.29, 1.82) is 0 Å². The number of tetrazole rings is 1. The van der Waals surface area contributed by atoms with Gasteiger partial charge in [-0.25, -0.2) is 4.68 Å². The van der Waals surface area contributed by atoms with Crippen LogP contribution in [0.15, 0.2) is 42.5 Å². The van der Waals surface area contributed by atoms with Crippen molar-refractivity contribution in [2.24, 2.45) is 7.05 Å². The van der Waals surface area contributed by atoms with Crippen LogP contribution in [0.3, 0.4) is 0 Å². The van der Waals surface area contributed by atoms with E-state index in [1.54, 1.807) is 25.2 Å². The first-order valence-corrected chi connectivity index (χ1v) is 8.55. The topological polar surface area (TPSA) is 102 Å². The highest BCUT2D eigenvalue weighted by atomic mass is 35.5. The van der Waals surface area contributed by atoms with Crippen LogP contribution in [0.25, 0.3) is 11.4 Å². The Kier molecular flexibility index (Phi) is 5.68. The minimum atomic E-state index is -0.428. The molecule has 0 saturated heterocycles. The third-order valence-electron chi connectivity index (χ3n) is 3.62. The summed E-state index contributed by atoms with van der Waals surface area (Å²) < 4.78 is 1.53. The molecule has 138 valence electrons. The Bertz CT molecular complexity index is 1000. The quantitative estimate of drug-likeness (QED) is 0.680. The number of rotatable bonds is 5. The zero-order valence-corrected chi connectivity index (χ0v) is 15.6. The van der Waals surface area contributed by atoms with Crippen molar-refractivity contribution in [2.75, 3.05) is 11.9 Å². The van der Waals surface area contributed by atoms with Crippen molar-refractivity contribution in [1.82, 2.24) is 25.5 Å². The zero-order chi connectivity index (χ0) is 19.4. The SMILES string of the molecule is Cn1nnnc1-c1cccc(NC(=O)CNC(=O)c2ccc(Cl)c(Cl)c2)c1. The predicted molar refractivity (Wildman–Crippen MR) is 102 cm³/mol. The van der Waals surface area contributed by atoms with Crippen molar-refractivity contribution in [3.05, 3.63) is 58.1 Å². The van der Waals surface area contributed by atoms with E-state index in [0.717, 1.165) is 5.56 Å². The molecule has 0 radical (unpaired) electrons. The van der Waals surface area contributed by atoms with Crippen LogP contribution in [0.2, 0.25) is 10.0 Å². The van der Waals surface area contributed by atoms with Crippen LogP contribution >= 0.6 is 23.2 Å². The summed E-state index contributed by atoms with van der Waals surface area (Å²) in [4.78, 5) is 24.2. The number of aromatic nitrogens is 4. The summed E-state index contributed by atoms with van der Waals surface area (Å²) in [5, 5.41) is 17.1. The minimum absolute atomic E-state index is 0.200. The Morgan fingerprint density at radius 1 is 1.11 bits per heavy atom. The second-order valence-electron chi connectivity index (χ2n) is 5.57. The number of carbonyl (C=O) groups is 2. The van der Waals surface area contributed by atoms with Gasteiger partial charge in [-0.3, -0.25) is 9.59 Å². The summed E-state index contributed by atoms with van der Waals surface area (Å²) in [5.41, 5.74) is 1.62. The molecule has 2 aromatic carbocycles. The highest BCUT2D eigenvalue weighted by molar-refractivity contribution is 6.42. The molecule has 1 heterocycles. The Labute approximate surface area is 164 Å². The molecule has 0 aliphatic rings. The van der Waals surface area contributed by atoms with E-state index in [1.807, 2.05) is 6.07 Å². The lowest BCUT2D eigenvalue weighted by molar-refractivity contribution is -0.115. The average molecular weight is 405 g/mol. The average Bonchev–Trinajstić information content (AvgIpc) is 3.08. The molecule has 0 saturated carbocycles. The molecule has 2 amide bonds. The van der Waals surface area contributed by atoms with Gasteiger partial charge in [-0.1, -0.05) is 35.3 Å². The number of benzene rings is 2. The largest absolute Gasteiger partial charge is 0.343 e. The van der Waals surface area contributed by atoms with Gasteiger partial charge in [0, 0.05) is 23.9 Å². The number of amides is 2. The zero-order valence-electron chi connectivity index (χ0n) is 14.1. The molecule has 27 heavy (non-hydrogen) atoms. The third-order valence-corrected chi connectivity index (χ3v) is 4.35. The molecule has 0 bridgehead atoms. The molecule has 3 aromatic rings. The first kappa shape index (κ1) is 18.8. The molecule has 8 nitrogen and oxygen atoms in total. The molecular formula is C17H14Cl2N6O2. The van der Waals surface area contributed by atoms with Crippen LogP contribution in [0.4, 0.5) is 5.69 Å². The van der Waals surface area contributed by atoms with Gasteiger partial charge in [0.1, 0.15) is 0 Å². The monoisotopic (exact) mass is 404 g/mol. The van der Waals surface area contributed by atoms with Crippen LogP contribution in [-0.4, -0.2) is 38.6 Å². The van der Waals surface area contributed by atoms with E-state index >= 15 is 0 Å². The fourth-order valence-electron chi connectivity index (χ4n) is 2.32. The van der Waals surface area contributed by atoms with E-state index in [-0.39, 0.29) is 17.5 Å². The van der Waals surface area contributed by atoms with Crippen molar-refractivity contribution in [3.8, 4) is 11.4 Å². The van der Waals surface area contributed by atoms with Gasteiger partial charge in [-0.15, -0.1) is 5.10 Å². The second kappa shape index (κ2) is 8.15. The van der Waals surface area contributed by atoms with Gasteiger partial charge in [0.05, 0.1) is 16.6 Å². The van der Waals surface area contributed by atoms with Gasteiger partial charge in [-0.2, -0.15) is 0 Å². The van der Waals surface area contributed by atoms with Gasteiger partial charge < -0.3 is 10.6 Å². The molecule has 0 aliphatic heterocycles. The van der Waals surface area contributed by atoms with Crippen molar-refractivity contribution >= 4 is 40.7 Å². The lowest BCUT2D eigenvalue weighted by Crippen LogP contribution is -2.32. The summed E-state index contributed by atoms with van der Waals surface area (Å²) in [5.74, 6) is -0.238. The van der Waals surface area contributed by atoms with Crippen molar-refractivity contribution in [3.63, 3.8) is 0 Å². The molecule has 0 atom stereocenters. The maximum absolute atomic E-state index is 12.1. The number of hydrogen-bond acceptors (Lipinski definition) is 5. The standard InChI is InChI=1S/C17H14Cl2N6O2/c1-25-16(22-23-24-25)10-3-2-4-12(7-10)21-15(26)9-20-17(27)11-5-6-13(18)14(19)8-11/h2-8H,9H2,1H3,(H,20,27)(H,21,26). The molecule has 3 rings (SSSR count). The van der Waals surface area contributed by atoms with Gasteiger partial charge >= 0.3 is 0 Å². The number of nitrogens with one attached hydrogen (secondary N) is 2. The van der Waals surface area contributed by atoms with E-state index in [9.17, 15) is 9.59 Å². The lowest BCUT2D eigenvalue weighted by Gasteiger charge is -2.08. The van der Waals surface area contributed by atoms with E-state index in [2.05, 4.69) is 26.2 Å². The number of carbonyl (C=O) groups excluding carboxylic acids is 2. The summed E-state index contributed by atoms with van der Waals surface area (Å²) in [6, 6.07) is 11.6. The fraction of sp³-hybridized carbons (Fsp3) is 0.118. The summed E-state index contributed by atoms with van der Waals surface area (Å²) >= 11 is 11.7. The van der Waals surface area contributed by atoms with Gasteiger partial charge in [0.15, 0.2) is 5.82 Å². The Balaban J connectivity index is 1.60. The Morgan fingerprint density at radius 3 is 2.63 bits per heavy atom. The first-order chi connectivity index (χ1) is 12.9. The molecule has 0 spiro atoms. The highest BCUT2D eigenvalue weighted by Gasteiger charge is 2.11. The van der Waals surface area contributed by atoms with Gasteiger partial charge in [-0.05, 0) is 40.8 Å². The predicted octanol–water partition coefficient (Wildman–Crippen LogP) is 2.55. The number of hydrogen-bond donors (Lipinski definition) is 2. The number of aryl methyl sites for hydroxylation is 1. The normalized spacial score (nSPS) is 10.5. The van der Waals surface area contributed by atoms with Crippen LogP contribution in [-0.2, 0) is 11.8 Å². The molecular weight excluding hydrogens is 391 g/mol. The molecule has 0 fully saturated rings. The number of anilines is 1. The summed E-state index contributed by atoms with van der Waals surface area (Å²) in [6.07, 6.45) is 0. The van der Waals surface area contributed by atoms with Crippen molar-refractivity contribution < 1.29 is 9.59 Å². The van der Waals surface area contributed by atoms with E-state index < -0.39 is 5.91 Å². The number of nitrogens with zero attached hydrogens (tertiary/aromatic N) is 4. The third kappa shape index (κ3) is 4.60. The molecule has 0 unspecified atom stereocenters. The van der Waals surface area contributed by atoms with E-state index in [1.165, 1.54) is 22.9 Å². The van der Waals surface area contributed by atoms with E-state index in [4.69, 9.17) is 23.2 Å². The maximum Gasteiger partial charge on any atom is 0.251 e. The van der Waals surface area contributed by atoms with Crippen LogP contribution in [0.1, 0.15) is 10.4 Å². The molecule has 10 heteroatoms. The maximum atomic E-state index is 12.1. The second-order valence-corrected chi connectivity index (χ2v) is 6.38. The summed E-state index contributed by atoms with van der Waals surface area (Å²) in [6.45, 7) is -0.200. The summed E-state index contributed by atoms with van der Waals surface area (Å²) in [7, 11) is 1.72. The smallest absolute Gasteiger partial charge is 0.251 e. The molecule has 1 aromatic heterocycles. The molecule has 2 N–H and O–H groups in total. The molecule has 0 aliphatic carbocycles. The van der Waals surface area contributed by atoms with Crippen molar-refractivity contribution in [2.45, 2.75) is 0 Å². The van der Waals surface area contributed by atoms with Crippen LogP contribution in [0.5, 0.6) is 0 Å². The minimum Gasteiger partial charge on any atom is -0.343 e. The van der Waals surface area contributed by atoms with Crippen LogP contribution in [0, 0.1) is 0 Å². The van der Waals surface area contributed by atoms with Gasteiger partial charge in [0.25, 0.3) is 5.91 Å². The van der Waals surface area contributed by atoms with E-state index in [0.29, 0.717) is 22.1 Å².